The third-order valence-corrected chi connectivity index (χ3v) is 6.15. The quantitative estimate of drug-likeness (QED) is 0.428. The lowest BCUT2D eigenvalue weighted by molar-refractivity contribution is -0.605. The molecule has 4 rings (SSSR count). The van der Waals surface area contributed by atoms with Crippen LogP contribution < -0.4 is 10.0 Å². The van der Waals surface area contributed by atoms with Gasteiger partial charge in [0.2, 0.25) is 5.91 Å². The molecule has 1 aliphatic rings. The van der Waals surface area contributed by atoms with E-state index in [-0.39, 0.29) is 31.0 Å². The van der Waals surface area contributed by atoms with Gasteiger partial charge in [0.15, 0.2) is 18.2 Å². The molecule has 2 aromatic heterocycles. The van der Waals surface area contributed by atoms with E-state index in [1.807, 2.05) is 6.07 Å². The molecule has 182 valence electrons. The molecule has 0 spiro atoms. The number of nitrogens with zero attached hydrogens (tertiary/aromatic N) is 5. The van der Waals surface area contributed by atoms with Crippen molar-refractivity contribution in [3.8, 4) is 6.07 Å². The molecule has 0 bridgehead atoms. The Bertz CT molecular complexity index is 1250. The number of hydrogen-bond donors (Lipinski definition) is 1. The lowest BCUT2D eigenvalue weighted by atomic mass is 9.87. The highest BCUT2D eigenvalue weighted by atomic mass is 19.3. The number of anilines is 1. The number of halogens is 3. The minimum absolute atomic E-state index is 0.0420. The molecular formula is C24H23F3N6O2. The Morgan fingerprint density at radius 2 is 2.11 bits per heavy atom. The number of pyridine rings is 1. The number of piperidine rings is 1. The van der Waals surface area contributed by atoms with Crippen LogP contribution in [0, 0.1) is 22.4 Å². The molecule has 3 heterocycles. The summed E-state index contributed by atoms with van der Waals surface area (Å²) in [4.78, 5) is 18.7. The lowest BCUT2D eigenvalue weighted by Crippen LogP contribution is -2.52. The number of alkyl halides is 2. The first-order chi connectivity index (χ1) is 16.6. The van der Waals surface area contributed by atoms with Gasteiger partial charge in [-0.2, -0.15) is 9.99 Å². The summed E-state index contributed by atoms with van der Waals surface area (Å²) in [7, 11) is 0. The van der Waals surface area contributed by atoms with Gasteiger partial charge < -0.3 is 15.1 Å². The molecule has 0 unspecified atom stereocenters. The fourth-order valence-electron chi connectivity index (χ4n) is 4.21. The molecule has 1 saturated heterocycles. The van der Waals surface area contributed by atoms with Crippen molar-refractivity contribution in [3.63, 3.8) is 0 Å². The fraction of sp³-hybridized carbons (Fsp3) is 0.333. The van der Waals surface area contributed by atoms with E-state index in [0.29, 0.717) is 15.9 Å². The SMILES string of the molecule is C[C@@H](C(=O)Nc1cn(Cc2cc(F)cc(C#N)c2)cn1)N1CCC(F)(F)[C@@H](c2cc[n+]([O-])cc2)C1. The Morgan fingerprint density at radius 1 is 1.37 bits per heavy atom. The molecule has 0 radical (unpaired) electrons. The number of carbonyl (C=O) groups is 1. The third kappa shape index (κ3) is 5.60. The summed E-state index contributed by atoms with van der Waals surface area (Å²) < 4.78 is 45.1. The molecule has 11 heteroatoms. The Morgan fingerprint density at radius 3 is 2.83 bits per heavy atom. The molecule has 1 N–H and O–H groups in total. The van der Waals surface area contributed by atoms with Gasteiger partial charge in [-0.15, -0.1) is 0 Å². The van der Waals surface area contributed by atoms with E-state index in [2.05, 4.69) is 10.3 Å². The zero-order chi connectivity index (χ0) is 25.2. The maximum absolute atomic E-state index is 14.6. The van der Waals surface area contributed by atoms with Gasteiger partial charge in [-0.25, -0.2) is 18.2 Å². The first kappa shape index (κ1) is 24.2. The normalized spacial score (nSPS) is 18.5. The average Bonchev–Trinajstić information content (AvgIpc) is 3.25. The molecule has 3 aromatic rings. The van der Waals surface area contributed by atoms with E-state index in [0.717, 1.165) is 6.07 Å². The van der Waals surface area contributed by atoms with Crippen molar-refractivity contribution < 1.29 is 22.7 Å². The van der Waals surface area contributed by atoms with Gasteiger partial charge in [-0.05, 0) is 36.2 Å². The van der Waals surface area contributed by atoms with Gasteiger partial charge in [-0.3, -0.25) is 9.69 Å². The molecule has 0 aliphatic carbocycles. The highest BCUT2D eigenvalue weighted by Crippen LogP contribution is 2.40. The maximum atomic E-state index is 14.6. The van der Waals surface area contributed by atoms with Crippen LogP contribution in [0.15, 0.2) is 55.2 Å². The number of imidazole rings is 1. The van der Waals surface area contributed by atoms with Crippen LogP contribution >= 0.6 is 0 Å². The number of rotatable bonds is 6. The number of nitriles is 1. The molecule has 1 aromatic carbocycles. The van der Waals surface area contributed by atoms with Crippen molar-refractivity contribution in [3.05, 3.63) is 83.0 Å². The zero-order valence-corrected chi connectivity index (χ0v) is 18.9. The van der Waals surface area contributed by atoms with E-state index >= 15 is 0 Å². The summed E-state index contributed by atoms with van der Waals surface area (Å²) in [5.41, 5.74) is 1.11. The second kappa shape index (κ2) is 9.76. The van der Waals surface area contributed by atoms with Gasteiger partial charge in [0.05, 0.1) is 29.9 Å². The van der Waals surface area contributed by atoms with Crippen molar-refractivity contribution in [2.24, 2.45) is 0 Å². The van der Waals surface area contributed by atoms with Crippen molar-refractivity contribution >= 4 is 11.7 Å². The number of aromatic nitrogens is 3. The van der Waals surface area contributed by atoms with Gasteiger partial charge in [0.25, 0.3) is 5.92 Å². The van der Waals surface area contributed by atoms with E-state index in [4.69, 9.17) is 5.26 Å². The Hall–Kier alpha value is -3.91. The Labute approximate surface area is 199 Å². The van der Waals surface area contributed by atoms with E-state index < -0.39 is 36.0 Å². The monoisotopic (exact) mass is 484 g/mol. The summed E-state index contributed by atoms with van der Waals surface area (Å²) in [6, 6.07) is 7.98. The fourth-order valence-corrected chi connectivity index (χ4v) is 4.21. The molecule has 35 heavy (non-hydrogen) atoms. The predicted molar refractivity (Wildman–Crippen MR) is 120 cm³/mol. The standard InChI is InChI=1S/C24H23F3N6O2/c1-16(32-7-4-24(26,27)21(13-32)19-2-5-33(35)6-3-19)23(34)30-22-14-31(15-29-22)12-18-8-17(11-28)9-20(25)10-18/h2-3,5-6,8-10,14-16,21H,4,7,12-13H2,1H3,(H,30,34)/t16-,21+/m0/s1. The molecule has 8 nitrogen and oxygen atoms in total. The van der Waals surface area contributed by atoms with Crippen LogP contribution in [-0.2, 0) is 11.3 Å². The summed E-state index contributed by atoms with van der Waals surface area (Å²) in [6.07, 6.45) is 4.99. The van der Waals surface area contributed by atoms with Crippen molar-refractivity contribution in [2.75, 3.05) is 18.4 Å². The first-order valence-electron chi connectivity index (χ1n) is 11.0. The van der Waals surface area contributed by atoms with Gasteiger partial charge >= 0.3 is 0 Å². The summed E-state index contributed by atoms with van der Waals surface area (Å²) in [5.74, 6) is -4.75. The van der Waals surface area contributed by atoms with Crippen LogP contribution in [0.3, 0.4) is 0 Å². The molecule has 1 fully saturated rings. The number of amides is 1. The minimum Gasteiger partial charge on any atom is -0.619 e. The van der Waals surface area contributed by atoms with Crippen LogP contribution in [0.2, 0.25) is 0 Å². The highest BCUT2D eigenvalue weighted by molar-refractivity contribution is 5.93. The van der Waals surface area contributed by atoms with Crippen molar-refractivity contribution in [1.29, 1.82) is 5.26 Å². The Kier molecular flexibility index (Phi) is 6.75. The second-order valence-corrected chi connectivity index (χ2v) is 8.61. The molecule has 1 amide bonds. The van der Waals surface area contributed by atoms with Gasteiger partial charge in [0.1, 0.15) is 5.82 Å². The summed E-state index contributed by atoms with van der Waals surface area (Å²) >= 11 is 0. The van der Waals surface area contributed by atoms with Crippen molar-refractivity contribution in [2.45, 2.75) is 37.8 Å². The van der Waals surface area contributed by atoms with E-state index in [9.17, 15) is 23.2 Å². The van der Waals surface area contributed by atoms with E-state index in [1.54, 1.807) is 28.7 Å². The number of hydrogen-bond acceptors (Lipinski definition) is 5. The topological polar surface area (TPSA) is 101 Å². The van der Waals surface area contributed by atoms with Crippen LogP contribution in [0.1, 0.15) is 36.0 Å². The average molecular weight is 484 g/mol. The Balaban J connectivity index is 1.40. The molecule has 0 saturated carbocycles. The van der Waals surface area contributed by atoms with Crippen LogP contribution in [0.4, 0.5) is 19.0 Å². The minimum atomic E-state index is -2.96. The van der Waals surface area contributed by atoms with Crippen LogP contribution in [0.5, 0.6) is 0 Å². The second-order valence-electron chi connectivity index (χ2n) is 8.61. The first-order valence-corrected chi connectivity index (χ1v) is 11.0. The smallest absolute Gasteiger partial charge is 0.257 e. The number of nitrogens with one attached hydrogen (secondary N) is 1. The van der Waals surface area contributed by atoms with Crippen molar-refractivity contribution in [1.82, 2.24) is 14.5 Å². The number of carbonyl (C=O) groups excluding carboxylic acids is 1. The maximum Gasteiger partial charge on any atom is 0.257 e. The van der Waals surface area contributed by atoms with Crippen LogP contribution in [0.25, 0.3) is 0 Å². The third-order valence-electron chi connectivity index (χ3n) is 6.15. The summed E-state index contributed by atoms with van der Waals surface area (Å²) in [6.45, 7) is 1.88. The highest BCUT2D eigenvalue weighted by Gasteiger charge is 2.46. The zero-order valence-electron chi connectivity index (χ0n) is 18.9. The molecular weight excluding hydrogens is 461 g/mol. The largest absolute Gasteiger partial charge is 0.619 e. The van der Waals surface area contributed by atoms with E-state index in [1.165, 1.54) is 36.9 Å². The lowest BCUT2D eigenvalue weighted by Gasteiger charge is -2.40. The summed E-state index contributed by atoms with van der Waals surface area (Å²) in [5, 5.41) is 23.0. The number of benzene rings is 1. The number of likely N-dealkylation sites (tertiary alicyclic amines) is 1. The molecule has 2 atom stereocenters. The van der Waals surface area contributed by atoms with Crippen LogP contribution in [-0.4, -0.2) is 45.4 Å². The predicted octanol–water partition coefficient (Wildman–Crippen LogP) is 3.03. The van der Waals surface area contributed by atoms with Gasteiger partial charge in [-0.1, -0.05) is 0 Å². The van der Waals surface area contributed by atoms with Gasteiger partial charge in [0, 0.05) is 44.4 Å². The molecule has 1 aliphatic heterocycles.